The summed E-state index contributed by atoms with van der Waals surface area (Å²) in [5.41, 5.74) is 1.79. The molecule has 0 amide bonds. The maximum Gasteiger partial charge on any atom is 0.122 e. The number of hydrogen-bond acceptors (Lipinski definition) is 2. The average molecular weight is 289 g/mol. The minimum Gasteiger partial charge on any atom is -0.496 e. The van der Waals surface area contributed by atoms with Crippen LogP contribution in [0, 0.1) is 11.3 Å². The highest BCUT2D eigenvalue weighted by atomic mass is 16.5. The van der Waals surface area contributed by atoms with Crippen molar-refractivity contribution in [2.45, 2.75) is 58.4 Å². The topological polar surface area (TPSA) is 21.3 Å². The van der Waals surface area contributed by atoms with Crippen molar-refractivity contribution in [2.24, 2.45) is 11.3 Å². The highest BCUT2D eigenvalue weighted by Gasteiger charge is 2.40. The average Bonchev–Trinajstić information content (AvgIpc) is 2.93. The fraction of sp³-hybridized carbons (Fsp3) is 0.684. The second kappa shape index (κ2) is 7.31. The Balaban J connectivity index is 2.21. The summed E-state index contributed by atoms with van der Waals surface area (Å²) in [5.74, 6) is 1.78. The fourth-order valence-electron chi connectivity index (χ4n) is 4.30. The second-order valence-electron chi connectivity index (χ2n) is 7.02. The van der Waals surface area contributed by atoms with E-state index in [2.05, 4.69) is 50.5 Å². The lowest BCUT2D eigenvalue weighted by Crippen LogP contribution is -2.44. The summed E-state index contributed by atoms with van der Waals surface area (Å²) >= 11 is 0. The second-order valence-corrected chi connectivity index (χ2v) is 7.02. The summed E-state index contributed by atoms with van der Waals surface area (Å²) in [6, 6.07) is 9.00. The molecule has 1 aliphatic rings. The van der Waals surface area contributed by atoms with Crippen LogP contribution >= 0.6 is 0 Å². The van der Waals surface area contributed by atoms with Gasteiger partial charge >= 0.3 is 0 Å². The molecular weight excluding hydrogens is 258 g/mol. The first-order chi connectivity index (χ1) is 10.1. The molecule has 1 N–H and O–H groups in total. The lowest BCUT2D eigenvalue weighted by atomic mass is 9.71. The van der Waals surface area contributed by atoms with Crippen LogP contribution in [0.5, 0.6) is 5.75 Å². The van der Waals surface area contributed by atoms with Crippen molar-refractivity contribution in [1.29, 1.82) is 0 Å². The highest BCUT2D eigenvalue weighted by Crippen LogP contribution is 2.47. The van der Waals surface area contributed by atoms with Crippen molar-refractivity contribution in [3.8, 4) is 5.75 Å². The van der Waals surface area contributed by atoms with Gasteiger partial charge in [-0.25, -0.2) is 0 Å². The maximum atomic E-state index is 5.54. The SMILES string of the molecule is CNC(Cc1ccccc1OC)C1(CC(C)C)CCCC1. The molecule has 2 heteroatoms. The zero-order chi connectivity index (χ0) is 15.3. The molecule has 1 aromatic carbocycles. The molecule has 1 atom stereocenters. The number of methoxy groups -OCH3 is 1. The Morgan fingerprint density at radius 2 is 1.86 bits per heavy atom. The van der Waals surface area contributed by atoms with Crippen molar-refractivity contribution in [3.63, 3.8) is 0 Å². The van der Waals surface area contributed by atoms with Crippen LogP contribution in [0.15, 0.2) is 24.3 Å². The molecule has 2 nitrogen and oxygen atoms in total. The van der Waals surface area contributed by atoms with E-state index in [0.717, 1.165) is 18.1 Å². The number of nitrogens with one attached hydrogen (secondary N) is 1. The third kappa shape index (κ3) is 3.79. The Bertz CT molecular complexity index is 435. The van der Waals surface area contributed by atoms with Crippen LogP contribution in [0.3, 0.4) is 0 Å². The first-order valence-corrected chi connectivity index (χ1v) is 8.40. The van der Waals surface area contributed by atoms with Gasteiger partial charge in [0.25, 0.3) is 0 Å². The van der Waals surface area contributed by atoms with Gasteiger partial charge in [0, 0.05) is 6.04 Å². The number of para-hydroxylation sites is 1. The van der Waals surface area contributed by atoms with Crippen LogP contribution in [0.25, 0.3) is 0 Å². The lowest BCUT2D eigenvalue weighted by molar-refractivity contribution is 0.159. The molecule has 0 aliphatic heterocycles. The van der Waals surface area contributed by atoms with Gasteiger partial charge in [0.15, 0.2) is 0 Å². The van der Waals surface area contributed by atoms with Crippen LogP contribution < -0.4 is 10.1 Å². The molecule has 118 valence electrons. The number of likely N-dealkylation sites (N-methyl/N-ethyl adjacent to an activating group) is 1. The van der Waals surface area contributed by atoms with Gasteiger partial charge in [-0.1, -0.05) is 44.9 Å². The summed E-state index contributed by atoms with van der Waals surface area (Å²) < 4.78 is 5.54. The molecule has 1 aliphatic carbocycles. The van der Waals surface area contributed by atoms with Gasteiger partial charge in [0.05, 0.1) is 7.11 Å². The van der Waals surface area contributed by atoms with Crippen molar-refractivity contribution in [3.05, 3.63) is 29.8 Å². The van der Waals surface area contributed by atoms with Crippen molar-refractivity contribution in [2.75, 3.05) is 14.2 Å². The van der Waals surface area contributed by atoms with Gasteiger partial charge < -0.3 is 10.1 Å². The third-order valence-electron chi connectivity index (χ3n) is 5.12. The first-order valence-electron chi connectivity index (χ1n) is 8.40. The van der Waals surface area contributed by atoms with Crippen LogP contribution in [-0.2, 0) is 6.42 Å². The highest BCUT2D eigenvalue weighted by molar-refractivity contribution is 5.34. The number of rotatable bonds is 7. The van der Waals surface area contributed by atoms with Crippen LogP contribution in [0.2, 0.25) is 0 Å². The number of hydrogen-bond donors (Lipinski definition) is 1. The van der Waals surface area contributed by atoms with Crippen LogP contribution in [0.1, 0.15) is 51.5 Å². The van der Waals surface area contributed by atoms with E-state index in [1.54, 1.807) is 7.11 Å². The minimum absolute atomic E-state index is 0.462. The maximum absolute atomic E-state index is 5.54. The third-order valence-corrected chi connectivity index (χ3v) is 5.12. The number of ether oxygens (including phenoxy) is 1. The molecule has 0 heterocycles. The molecule has 21 heavy (non-hydrogen) atoms. The van der Waals surface area contributed by atoms with Gasteiger partial charge in [0.2, 0.25) is 0 Å². The van der Waals surface area contributed by atoms with Crippen molar-refractivity contribution < 1.29 is 4.74 Å². The lowest BCUT2D eigenvalue weighted by Gasteiger charge is -2.39. The van der Waals surface area contributed by atoms with Gasteiger partial charge in [-0.05, 0) is 55.7 Å². The summed E-state index contributed by atoms with van der Waals surface area (Å²) in [6.07, 6.45) is 7.90. The molecule has 0 spiro atoms. The van der Waals surface area contributed by atoms with E-state index in [4.69, 9.17) is 4.74 Å². The summed E-state index contributed by atoms with van der Waals surface area (Å²) in [6.45, 7) is 4.71. The Hall–Kier alpha value is -1.02. The van der Waals surface area contributed by atoms with E-state index in [1.165, 1.54) is 37.7 Å². The Morgan fingerprint density at radius 1 is 1.19 bits per heavy atom. The summed E-state index contributed by atoms with van der Waals surface area (Å²) in [5, 5.41) is 3.63. The predicted molar refractivity (Wildman–Crippen MR) is 89.9 cm³/mol. The first kappa shape index (κ1) is 16.4. The van der Waals surface area contributed by atoms with E-state index >= 15 is 0 Å². The molecule has 1 unspecified atom stereocenters. The molecular formula is C19H31NO. The van der Waals surface area contributed by atoms with E-state index in [-0.39, 0.29) is 0 Å². The standard InChI is InChI=1S/C19H31NO/c1-15(2)14-19(11-7-8-12-19)18(20-3)13-16-9-5-6-10-17(16)21-4/h5-6,9-10,15,18,20H,7-8,11-14H2,1-4H3. The Kier molecular flexibility index (Phi) is 5.69. The quantitative estimate of drug-likeness (QED) is 0.801. The van der Waals surface area contributed by atoms with E-state index < -0.39 is 0 Å². The van der Waals surface area contributed by atoms with Crippen LogP contribution in [-0.4, -0.2) is 20.2 Å². The molecule has 1 aromatic rings. The van der Waals surface area contributed by atoms with Crippen LogP contribution in [0.4, 0.5) is 0 Å². The molecule has 1 saturated carbocycles. The van der Waals surface area contributed by atoms with Gasteiger partial charge in [-0.2, -0.15) is 0 Å². The Morgan fingerprint density at radius 3 is 2.43 bits per heavy atom. The predicted octanol–water partition coefficient (Wildman–Crippen LogP) is 4.43. The van der Waals surface area contributed by atoms with Gasteiger partial charge in [-0.15, -0.1) is 0 Å². The monoisotopic (exact) mass is 289 g/mol. The minimum atomic E-state index is 0.462. The summed E-state index contributed by atoms with van der Waals surface area (Å²) in [4.78, 5) is 0. The van der Waals surface area contributed by atoms with E-state index in [9.17, 15) is 0 Å². The largest absolute Gasteiger partial charge is 0.496 e. The smallest absolute Gasteiger partial charge is 0.122 e. The zero-order valence-corrected chi connectivity index (χ0v) is 14.1. The summed E-state index contributed by atoms with van der Waals surface area (Å²) in [7, 11) is 3.90. The molecule has 0 saturated heterocycles. The van der Waals surface area contributed by atoms with Crippen molar-refractivity contribution in [1.82, 2.24) is 5.32 Å². The Labute approximate surface area is 130 Å². The molecule has 0 bridgehead atoms. The normalized spacial score (nSPS) is 18.9. The van der Waals surface area contributed by atoms with E-state index in [0.29, 0.717) is 11.5 Å². The molecule has 0 aromatic heterocycles. The number of benzene rings is 1. The van der Waals surface area contributed by atoms with E-state index in [1.807, 2.05) is 0 Å². The van der Waals surface area contributed by atoms with Crippen molar-refractivity contribution >= 4 is 0 Å². The molecule has 1 fully saturated rings. The molecule has 2 rings (SSSR count). The van der Waals surface area contributed by atoms with Gasteiger partial charge in [-0.3, -0.25) is 0 Å². The fourth-order valence-corrected chi connectivity index (χ4v) is 4.30. The van der Waals surface area contributed by atoms with Gasteiger partial charge in [0.1, 0.15) is 5.75 Å². The molecule has 0 radical (unpaired) electrons. The zero-order valence-electron chi connectivity index (χ0n) is 14.1.